The molecule has 0 amide bonds. The highest BCUT2D eigenvalue weighted by Crippen LogP contribution is 2.23. The molecule has 0 aliphatic carbocycles. The zero-order valence-corrected chi connectivity index (χ0v) is 11.2. The van der Waals surface area contributed by atoms with Gasteiger partial charge in [-0.1, -0.05) is 18.2 Å². The molecular weight excluding hydrogens is 258 g/mol. The Morgan fingerprint density at radius 1 is 1.35 bits per heavy atom. The monoisotopic (exact) mass is 271 g/mol. The van der Waals surface area contributed by atoms with E-state index in [9.17, 15) is 9.59 Å². The number of hydrogen-bond acceptors (Lipinski definition) is 4. The smallest absolute Gasteiger partial charge is 0.325 e. The summed E-state index contributed by atoms with van der Waals surface area (Å²) in [7, 11) is 3.10. The Morgan fingerprint density at radius 3 is 2.85 bits per heavy atom. The molecule has 2 aromatic heterocycles. The van der Waals surface area contributed by atoms with Crippen LogP contribution in [0.3, 0.4) is 0 Å². The molecule has 0 unspecified atom stereocenters. The number of esters is 1. The fourth-order valence-electron chi connectivity index (χ4n) is 2.38. The Hall–Kier alpha value is -2.63. The van der Waals surface area contributed by atoms with E-state index in [-0.39, 0.29) is 12.1 Å². The summed E-state index contributed by atoms with van der Waals surface area (Å²) in [4.78, 5) is 28.1. The second-order valence-electron chi connectivity index (χ2n) is 4.53. The van der Waals surface area contributed by atoms with Gasteiger partial charge in [0.1, 0.15) is 17.6 Å². The largest absolute Gasteiger partial charge is 0.468 e. The summed E-state index contributed by atoms with van der Waals surface area (Å²) < 4.78 is 7.63. The lowest BCUT2D eigenvalue weighted by Gasteiger charge is -2.04. The number of hydrogen-bond donors (Lipinski definition) is 0. The van der Waals surface area contributed by atoms with Crippen molar-refractivity contribution in [3.63, 3.8) is 0 Å². The number of aryl methyl sites for hydroxylation is 1. The molecule has 20 heavy (non-hydrogen) atoms. The molecule has 1 aromatic carbocycles. The zero-order chi connectivity index (χ0) is 14.3. The van der Waals surface area contributed by atoms with E-state index in [2.05, 4.69) is 9.72 Å². The maximum absolute atomic E-state index is 12.5. The summed E-state index contributed by atoms with van der Waals surface area (Å²) in [6, 6.07) is 7.67. The number of carbonyl (C=O) groups is 1. The van der Waals surface area contributed by atoms with Crippen LogP contribution >= 0.6 is 0 Å². The summed E-state index contributed by atoms with van der Waals surface area (Å²) in [5, 5.41) is 0.923. The lowest BCUT2D eigenvalue weighted by Crippen LogP contribution is -2.26. The van der Waals surface area contributed by atoms with Crippen molar-refractivity contribution < 1.29 is 9.53 Å². The van der Waals surface area contributed by atoms with Crippen molar-refractivity contribution in [1.29, 1.82) is 0 Å². The number of ether oxygens (including phenoxy) is 1. The number of fused-ring (bicyclic) bond motifs is 3. The third-order valence-electron chi connectivity index (χ3n) is 3.40. The van der Waals surface area contributed by atoms with Crippen LogP contribution in [0.15, 0.2) is 35.4 Å². The van der Waals surface area contributed by atoms with Crippen molar-refractivity contribution in [1.82, 2.24) is 14.1 Å². The minimum atomic E-state index is -0.480. The summed E-state index contributed by atoms with van der Waals surface area (Å²) in [5.41, 5.74) is 1.81. The van der Waals surface area contributed by atoms with Gasteiger partial charge in [-0.15, -0.1) is 0 Å². The highest BCUT2D eigenvalue weighted by molar-refractivity contribution is 6.05. The number of aromatic nitrogens is 3. The molecule has 0 bridgehead atoms. The quantitative estimate of drug-likeness (QED) is 0.654. The lowest BCUT2D eigenvalue weighted by molar-refractivity contribution is -0.141. The minimum Gasteiger partial charge on any atom is -0.468 e. The molecule has 6 nitrogen and oxygen atoms in total. The Morgan fingerprint density at radius 2 is 2.10 bits per heavy atom. The molecule has 2 heterocycles. The number of para-hydroxylation sites is 1. The Kier molecular flexibility index (Phi) is 2.78. The fraction of sp³-hybridized carbons (Fsp3) is 0.214. The van der Waals surface area contributed by atoms with E-state index in [1.165, 1.54) is 18.0 Å². The first kappa shape index (κ1) is 12.4. The van der Waals surface area contributed by atoms with Crippen LogP contribution in [0.25, 0.3) is 21.9 Å². The first-order chi connectivity index (χ1) is 9.63. The van der Waals surface area contributed by atoms with Crippen LogP contribution < -0.4 is 5.56 Å². The second-order valence-corrected chi connectivity index (χ2v) is 4.53. The Bertz CT molecular complexity index is 876. The lowest BCUT2D eigenvalue weighted by atomic mass is 10.2. The molecule has 0 fully saturated rings. The van der Waals surface area contributed by atoms with E-state index in [1.54, 1.807) is 4.57 Å². The average Bonchev–Trinajstić information content (AvgIpc) is 2.76. The van der Waals surface area contributed by atoms with Gasteiger partial charge in [0.05, 0.1) is 19.0 Å². The van der Waals surface area contributed by atoms with E-state index < -0.39 is 5.97 Å². The Balaban J connectivity index is 2.33. The standard InChI is InChI=1S/C14H13N3O3/c1-16-10-6-4-3-5-9(10)12-13(16)14(19)17(8-15-12)7-11(18)20-2/h3-6,8H,7H2,1-2H3. The van der Waals surface area contributed by atoms with E-state index in [0.29, 0.717) is 11.0 Å². The summed E-state index contributed by atoms with van der Waals surface area (Å²) in [6.07, 6.45) is 1.38. The van der Waals surface area contributed by atoms with Crippen LogP contribution in [0.1, 0.15) is 0 Å². The highest BCUT2D eigenvalue weighted by atomic mass is 16.5. The predicted octanol–water partition coefficient (Wildman–Crippen LogP) is 1.06. The molecule has 0 spiro atoms. The third kappa shape index (κ3) is 1.69. The van der Waals surface area contributed by atoms with Crippen molar-refractivity contribution in [3.05, 3.63) is 40.9 Å². The molecular formula is C14H13N3O3. The number of nitrogens with zero attached hydrogens (tertiary/aromatic N) is 3. The topological polar surface area (TPSA) is 66.1 Å². The number of methoxy groups -OCH3 is 1. The minimum absolute atomic E-state index is 0.139. The van der Waals surface area contributed by atoms with Crippen LogP contribution in [-0.4, -0.2) is 27.2 Å². The first-order valence-electron chi connectivity index (χ1n) is 6.13. The summed E-state index contributed by atoms with van der Waals surface area (Å²) in [6.45, 7) is -0.139. The molecule has 0 atom stereocenters. The third-order valence-corrected chi connectivity index (χ3v) is 3.40. The van der Waals surface area contributed by atoms with Gasteiger partial charge in [-0.25, -0.2) is 4.98 Å². The second kappa shape index (κ2) is 4.48. The van der Waals surface area contributed by atoms with Gasteiger partial charge in [0.2, 0.25) is 0 Å². The van der Waals surface area contributed by atoms with Gasteiger partial charge in [0.25, 0.3) is 5.56 Å². The molecule has 3 rings (SSSR count). The SMILES string of the molecule is COC(=O)Cn1cnc2c3ccccc3n(C)c2c1=O. The molecule has 3 aromatic rings. The fourth-order valence-corrected chi connectivity index (χ4v) is 2.38. The van der Waals surface area contributed by atoms with Crippen LogP contribution in [0.4, 0.5) is 0 Å². The molecule has 0 radical (unpaired) electrons. The van der Waals surface area contributed by atoms with Gasteiger partial charge in [0.15, 0.2) is 0 Å². The van der Waals surface area contributed by atoms with Crippen molar-refractivity contribution in [2.24, 2.45) is 7.05 Å². The van der Waals surface area contributed by atoms with Crippen LogP contribution in [0, 0.1) is 0 Å². The van der Waals surface area contributed by atoms with E-state index >= 15 is 0 Å². The molecule has 0 aliphatic rings. The predicted molar refractivity (Wildman–Crippen MR) is 74.5 cm³/mol. The molecule has 0 N–H and O–H groups in total. The summed E-state index contributed by atoms with van der Waals surface area (Å²) in [5.74, 6) is -0.480. The first-order valence-corrected chi connectivity index (χ1v) is 6.13. The van der Waals surface area contributed by atoms with Crippen molar-refractivity contribution in [2.45, 2.75) is 6.54 Å². The van der Waals surface area contributed by atoms with E-state index in [4.69, 9.17) is 0 Å². The summed E-state index contributed by atoms with van der Waals surface area (Å²) >= 11 is 0. The maximum atomic E-state index is 12.5. The van der Waals surface area contributed by atoms with Gasteiger partial charge in [0, 0.05) is 12.4 Å². The molecule has 0 saturated heterocycles. The number of carbonyl (C=O) groups excluding carboxylic acids is 1. The van der Waals surface area contributed by atoms with Gasteiger partial charge in [-0.05, 0) is 6.07 Å². The zero-order valence-electron chi connectivity index (χ0n) is 11.2. The Labute approximate surface area is 114 Å². The van der Waals surface area contributed by atoms with E-state index in [0.717, 1.165) is 10.9 Å². The van der Waals surface area contributed by atoms with Gasteiger partial charge >= 0.3 is 5.97 Å². The molecule has 0 saturated carbocycles. The molecule has 102 valence electrons. The number of rotatable bonds is 2. The van der Waals surface area contributed by atoms with Crippen LogP contribution in [0.2, 0.25) is 0 Å². The normalized spacial score (nSPS) is 11.1. The average molecular weight is 271 g/mol. The van der Waals surface area contributed by atoms with Crippen molar-refractivity contribution in [2.75, 3.05) is 7.11 Å². The van der Waals surface area contributed by atoms with Crippen LogP contribution in [0.5, 0.6) is 0 Å². The van der Waals surface area contributed by atoms with Gasteiger partial charge in [-0.2, -0.15) is 0 Å². The van der Waals surface area contributed by atoms with Gasteiger partial charge in [-0.3, -0.25) is 14.2 Å². The maximum Gasteiger partial charge on any atom is 0.325 e. The molecule has 0 aliphatic heterocycles. The van der Waals surface area contributed by atoms with Crippen molar-refractivity contribution in [3.8, 4) is 0 Å². The van der Waals surface area contributed by atoms with Crippen LogP contribution in [-0.2, 0) is 23.1 Å². The van der Waals surface area contributed by atoms with Crippen molar-refractivity contribution >= 4 is 27.9 Å². The number of benzene rings is 1. The van der Waals surface area contributed by atoms with E-state index in [1.807, 2.05) is 31.3 Å². The van der Waals surface area contributed by atoms with Gasteiger partial charge < -0.3 is 9.30 Å². The highest BCUT2D eigenvalue weighted by Gasteiger charge is 2.15. The molecule has 6 heteroatoms.